The number of esters is 1. The summed E-state index contributed by atoms with van der Waals surface area (Å²) >= 11 is 9.12. The normalized spacial score (nSPS) is 11.4. The lowest BCUT2D eigenvalue weighted by molar-refractivity contribution is 0.0734. The van der Waals surface area contributed by atoms with E-state index in [0.717, 1.165) is 5.56 Å². The molecule has 0 saturated heterocycles. The Kier molecular flexibility index (Phi) is 6.91. The highest BCUT2D eigenvalue weighted by Gasteiger charge is 2.14. The molecule has 154 valence electrons. The van der Waals surface area contributed by atoms with Crippen molar-refractivity contribution in [3.63, 3.8) is 0 Å². The maximum absolute atomic E-state index is 12.4. The van der Waals surface area contributed by atoms with Crippen LogP contribution in [0.5, 0.6) is 5.75 Å². The van der Waals surface area contributed by atoms with Crippen molar-refractivity contribution >= 4 is 49.7 Å². The fourth-order valence-electron chi connectivity index (χ4n) is 2.39. The fraction of sp³-hybridized carbons (Fsp3) is 0.0476. The van der Waals surface area contributed by atoms with Crippen molar-refractivity contribution in [3.8, 4) is 5.75 Å². The highest BCUT2D eigenvalue weighted by Crippen LogP contribution is 2.23. The van der Waals surface area contributed by atoms with E-state index in [2.05, 4.69) is 25.9 Å². The largest absolute Gasteiger partial charge is 0.422 e. The molecule has 0 amide bonds. The first-order valence-electron chi connectivity index (χ1n) is 8.63. The monoisotopic (exact) mass is 506 g/mol. The Morgan fingerprint density at radius 2 is 1.73 bits per heavy atom. The number of carbonyl (C=O) groups excluding carboxylic acids is 1. The minimum Gasteiger partial charge on any atom is -0.422 e. The van der Waals surface area contributed by atoms with Crippen LogP contribution in [0.4, 0.5) is 0 Å². The Morgan fingerprint density at radius 3 is 2.40 bits per heavy atom. The van der Waals surface area contributed by atoms with E-state index < -0.39 is 16.0 Å². The summed E-state index contributed by atoms with van der Waals surface area (Å²) in [4.78, 5) is 14.5. The minimum atomic E-state index is -3.87. The van der Waals surface area contributed by atoms with Crippen LogP contribution in [0.1, 0.15) is 21.5 Å². The van der Waals surface area contributed by atoms with E-state index in [1.807, 2.05) is 19.1 Å². The first kappa shape index (κ1) is 22.0. The molecule has 6 nitrogen and oxygen atoms in total. The number of aryl methyl sites for hydroxylation is 1. The molecule has 3 aromatic carbocycles. The molecule has 0 aliphatic carbocycles. The van der Waals surface area contributed by atoms with Gasteiger partial charge in [-0.1, -0.05) is 45.2 Å². The van der Waals surface area contributed by atoms with Crippen molar-refractivity contribution in [3.05, 3.63) is 92.9 Å². The molecule has 0 radical (unpaired) electrons. The smallest absolute Gasteiger partial charge is 0.343 e. The maximum Gasteiger partial charge on any atom is 0.343 e. The zero-order chi connectivity index (χ0) is 21.7. The van der Waals surface area contributed by atoms with Gasteiger partial charge in [-0.15, -0.1) is 0 Å². The van der Waals surface area contributed by atoms with E-state index in [-0.39, 0.29) is 10.6 Å². The van der Waals surface area contributed by atoms with E-state index in [1.54, 1.807) is 30.3 Å². The van der Waals surface area contributed by atoms with Gasteiger partial charge in [0.1, 0.15) is 5.75 Å². The third-order valence-electron chi connectivity index (χ3n) is 3.96. The quantitative estimate of drug-likeness (QED) is 0.222. The van der Waals surface area contributed by atoms with Gasteiger partial charge in [0.15, 0.2) is 0 Å². The van der Waals surface area contributed by atoms with E-state index in [9.17, 15) is 13.2 Å². The minimum absolute atomic E-state index is 0.0179. The Balaban J connectivity index is 1.78. The maximum atomic E-state index is 12.4. The number of halogens is 2. The van der Waals surface area contributed by atoms with Crippen LogP contribution in [0.25, 0.3) is 0 Å². The highest BCUT2D eigenvalue weighted by molar-refractivity contribution is 9.10. The van der Waals surface area contributed by atoms with Crippen molar-refractivity contribution in [2.24, 2.45) is 5.10 Å². The molecule has 3 rings (SSSR count). The molecular formula is C21H16BrClN2O4S. The van der Waals surface area contributed by atoms with Gasteiger partial charge in [0.05, 0.1) is 16.7 Å². The van der Waals surface area contributed by atoms with Gasteiger partial charge in [-0.05, 0) is 61.5 Å². The molecule has 0 aromatic heterocycles. The molecule has 0 aliphatic rings. The topological polar surface area (TPSA) is 84.8 Å². The molecule has 0 bridgehead atoms. The van der Waals surface area contributed by atoms with Crippen LogP contribution in [-0.2, 0) is 10.0 Å². The SMILES string of the molecule is Cc1ccc(C(=O)Oc2ccc(Br)cc2/C=N\NS(=O)(=O)c2ccc(Cl)cc2)cc1. The summed E-state index contributed by atoms with van der Waals surface area (Å²) in [6, 6.07) is 17.6. The summed E-state index contributed by atoms with van der Waals surface area (Å²) in [5.74, 6) is -0.299. The van der Waals surface area contributed by atoms with Crippen LogP contribution < -0.4 is 9.57 Å². The Morgan fingerprint density at radius 1 is 1.07 bits per heavy atom. The van der Waals surface area contributed by atoms with Crippen LogP contribution in [0, 0.1) is 6.92 Å². The molecule has 0 heterocycles. The van der Waals surface area contributed by atoms with Gasteiger partial charge < -0.3 is 4.74 Å². The van der Waals surface area contributed by atoms with Crippen LogP contribution in [-0.4, -0.2) is 20.6 Å². The highest BCUT2D eigenvalue weighted by atomic mass is 79.9. The summed E-state index contributed by atoms with van der Waals surface area (Å²) in [6.45, 7) is 1.92. The zero-order valence-corrected chi connectivity index (χ0v) is 18.8. The lowest BCUT2D eigenvalue weighted by Gasteiger charge is -2.08. The molecule has 0 unspecified atom stereocenters. The lowest BCUT2D eigenvalue weighted by atomic mass is 10.1. The predicted octanol–water partition coefficient (Wildman–Crippen LogP) is 4.94. The Hall–Kier alpha value is -2.68. The third-order valence-corrected chi connectivity index (χ3v) is 5.95. The van der Waals surface area contributed by atoms with E-state index in [1.165, 1.54) is 30.5 Å². The molecule has 0 fully saturated rings. The first-order chi connectivity index (χ1) is 14.2. The van der Waals surface area contributed by atoms with E-state index in [4.69, 9.17) is 16.3 Å². The van der Waals surface area contributed by atoms with Crippen LogP contribution in [0.2, 0.25) is 5.02 Å². The Labute approximate surface area is 187 Å². The van der Waals surface area contributed by atoms with Crippen molar-refractivity contribution in [2.45, 2.75) is 11.8 Å². The van der Waals surface area contributed by atoms with Gasteiger partial charge in [-0.3, -0.25) is 0 Å². The number of hydrogen-bond donors (Lipinski definition) is 1. The number of sulfonamides is 1. The van der Waals surface area contributed by atoms with Gasteiger partial charge in [0.25, 0.3) is 10.0 Å². The number of nitrogens with one attached hydrogen (secondary N) is 1. The average Bonchev–Trinajstić information content (AvgIpc) is 2.70. The molecule has 1 N–H and O–H groups in total. The summed E-state index contributed by atoms with van der Waals surface area (Å²) in [6.07, 6.45) is 1.26. The number of nitrogens with zero attached hydrogens (tertiary/aromatic N) is 1. The summed E-state index contributed by atoms with van der Waals surface area (Å²) in [5, 5.41) is 4.22. The molecule has 0 aliphatic heterocycles. The molecule has 9 heteroatoms. The molecule has 0 spiro atoms. The van der Waals surface area contributed by atoms with Crippen LogP contribution >= 0.6 is 27.5 Å². The predicted molar refractivity (Wildman–Crippen MR) is 120 cm³/mol. The number of ether oxygens (including phenoxy) is 1. The molecule has 0 saturated carbocycles. The van der Waals surface area contributed by atoms with E-state index >= 15 is 0 Å². The summed E-state index contributed by atoms with van der Waals surface area (Å²) in [7, 11) is -3.87. The number of carbonyl (C=O) groups is 1. The molecule has 0 atom stereocenters. The van der Waals surface area contributed by atoms with Crippen molar-refractivity contribution in [1.82, 2.24) is 4.83 Å². The first-order valence-corrected chi connectivity index (χ1v) is 11.3. The fourth-order valence-corrected chi connectivity index (χ4v) is 3.69. The van der Waals surface area contributed by atoms with Crippen LogP contribution in [0.15, 0.2) is 81.2 Å². The number of benzene rings is 3. The summed E-state index contributed by atoms with van der Waals surface area (Å²) < 4.78 is 30.8. The lowest BCUT2D eigenvalue weighted by Crippen LogP contribution is -2.18. The zero-order valence-electron chi connectivity index (χ0n) is 15.7. The van der Waals surface area contributed by atoms with Gasteiger partial charge in [0, 0.05) is 15.1 Å². The van der Waals surface area contributed by atoms with Gasteiger partial charge >= 0.3 is 5.97 Å². The van der Waals surface area contributed by atoms with Crippen molar-refractivity contribution < 1.29 is 17.9 Å². The number of rotatable bonds is 6. The van der Waals surface area contributed by atoms with Crippen LogP contribution in [0.3, 0.4) is 0 Å². The van der Waals surface area contributed by atoms with Gasteiger partial charge in [-0.25, -0.2) is 9.63 Å². The standard InChI is InChI=1S/C21H16BrClN2O4S/c1-14-2-4-15(5-3-14)21(26)29-20-11-6-17(22)12-16(20)13-24-25-30(27,28)19-9-7-18(23)8-10-19/h2-13,25H,1H3/b24-13-. The van der Waals surface area contributed by atoms with E-state index in [0.29, 0.717) is 20.6 Å². The Bertz CT molecular complexity index is 1190. The molecule has 3 aromatic rings. The third kappa shape index (κ3) is 5.69. The summed E-state index contributed by atoms with van der Waals surface area (Å²) in [5.41, 5.74) is 1.83. The van der Waals surface area contributed by atoms with Gasteiger partial charge in [-0.2, -0.15) is 13.5 Å². The second kappa shape index (κ2) is 9.42. The van der Waals surface area contributed by atoms with Crippen molar-refractivity contribution in [2.75, 3.05) is 0 Å². The second-order valence-electron chi connectivity index (χ2n) is 6.24. The van der Waals surface area contributed by atoms with Gasteiger partial charge in [0.2, 0.25) is 0 Å². The molecule has 30 heavy (non-hydrogen) atoms. The molecular weight excluding hydrogens is 492 g/mol. The average molecular weight is 508 g/mol. The second-order valence-corrected chi connectivity index (χ2v) is 9.26. The number of hydrazone groups is 1. The van der Waals surface area contributed by atoms with Crippen molar-refractivity contribution in [1.29, 1.82) is 0 Å². The number of hydrogen-bond acceptors (Lipinski definition) is 5.